The fourth-order valence-electron chi connectivity index (χ4n) is 2.17. The third kappa shape index (κ3) is 2.78. The quantitative estimate of drug-likeness (QED) is 0.761. The van der Waals surface area contributed by atoms with Crippen molar-refractivity contribution in [1.82, 2.24) is 0 Å². The van der Waals surface area contributed by atoms with E-state index in [2.05, 4.69) is 4.99 Å². The van der Waals surface area contributed by atoms with Crippen molar-refractivity contribution < 1.29 is 22.3 Å². The molecule has 1 unspecified atom stereocenters. The third-order valence-electron chi connectivity index (χ3n) is 3.23. The van der Waals surface area contributed by atoms with Gasteiger partial charge in [0.2, 0.25) is 0 Å². The molecule has 1 atom stereocenters. The molecule has 0 saturated carbocycles. The lowest BCUT2D eigenvalue weighted by atomic mass is 9.92. The number of alkyl halides is 3. The van der Waals surface area contributed by atoms with Crippen molar-refractivity contribution in [2.24, 2.45) is 4.99 Å². The normalized spacial score (nSPS) is 22.6. The van der Waals surface area contributed by atoms with Crippen LogP contribution in [-0.2, 0) is 16.5 Å². The first kappa shape index (κ1) is 14.8. The molecule has 1 aliphatic heterocycles. The van der Waals surface area contributed by atoms with Gasteiger partial charge in [-0.05, 0) is 25.5 Å². The maximum atomic E-state index is 14.0. The summed E-state index contributed by atoms with van der Waals surface area (Å²) >= 11 is 0. The van der Waals surface area contributed by atoms with E-state index in [0.29, 0.717) is 18.4 Å². The lowest BCUT2D eigenvalue weighted by molar-refractivity contribution is -0.137. The van der Waals surface area contributed by atoms with E-state index in [4.69, 9.17) is 4.74 Å². The third-order valence-corrected chi connectivity index (χ3v) is 3.23. The Bertz CT molecular complexity index is 538. The zero-order valence-corrected chi connectivity index (χ0v) is 11.2. The van der Waals surface area contributed by atoms with Crippen LogP contribution in [0.3, 0.4) is 0 Å². The molecule has 0 aliphatic carbocycles. The van der Waals surface area contributed by atoms with Gasteiger partial charge in [0.25, 0.3) is 0 Å². The fraction of sp³-hybridized carbons (Fsp3) is 0.500. The van der Waals surface area contributed by atoms with Crippen molar-refractivity contribution in [1.29, 1.82) is 0 Å². The van der Waals surface area contributed by atoms with Crippen LogP contribution in [0.2, 0.25) is 0 Å². The molecule has 0 aromatic heterocycles. The van der Waals surface area contributed by atoms with Gasteiger partial charge in [0.1, 0.15) is 18.0 Å². The first-order chi connectivity index (χ1) is 9.26. The summed E-state index contributed by atoms with van der Waals surface area (Å²) < 4.78 is 56.9. The topological polar surface area (TPSA) is 21.6 Å². The number of ether oxygens (including phenoxy) is 1. The molecule has 1 aliphatic rings. The summed E-state index contributed by atoms with van der Waals surface area (Å²) in [5, 5.41) is 0. The molecule has 2 rings (SSSR count). The molecule has 0 fully saturated rings. The number of halogens is 4. The number of aliphatic imine (C=N–C) groups is 1. The van der Waals surface area contributed by atoms with Gasteiger partial charge in [-0.3, -0.25) is 0 Å². The van der Waals surface area contributed by atoms with Crippen LogP contribution >= 0.6 is 0 Å². The Balaban J connectivity index is 2.35. The Hall–Kier alpha value is -1.59. The fourth-order valence-corrected chi connectivity index (χ4v) is 2.17. The van der Waals surface area contributed by atoms with Crippen LogP contribution in [0, 0.1) is 5.82 Å². The predicted octanol–water partition coefficient (Wildman–Crippen LogP) is 4.29. The Morgan fingerprint density at radius 1 is 1.35 bits per heavy atom. The highest BCUT2D eigenvalue weighted by Crippen LogP contribution is 2.36. The van der Waals surface area contributed by atoms with Crippen molar-refractivity contribution in [3.8, 4) is 0 Å². The van der Waals surface area contributed by atoms with E-state index in [1.165, 1.54) is 0 Å². The summed E-state index contributed by atoms with van der Waals surface area (Å²) in [6.45, 7) is 3.76. The SMILES string of the molecule is CCCC1=NC(C)(c2ccc(C(F)(F)F)cc2F)CO1. The van der Waals surface area contributed by atoms with Crippen molar-refractivity contribution >= 4 is 5.90 Å². The van der Waals surface area contributed by atoms with Crippen LogP contribution < -0.4 is 0 Å². The standard InChI is InChI=1S/C14H15F4NO/c1-3-4-12-19-13(2,8-20-12)10-6-5-9(7-11(10)15)14(16,17)18/h5-7H,3-4,8H2,1-2H3. The largest absolute Gasteiger partial charge is 0.478 e. The highest BCUT2D eigenvalue weighted by atomic mass is 19.4. The molecule has 110 valence electrons. The van der Waals surface area contributed by atoms with Gasteiger partial charge in [-0.25, -0.2) is 9.38 Å². The number of nitrogens with zero attached hydrogens (tertiary/aromatic N) is 1. The molecule has 0 bridgehead atoms. The molecular formula is C14H15F4NO. The molecule has 20 heavy (non-hydrogen) atoms. The van der Waals surface area contributed by atoms with E-state index in [0.717, 1.165) is 18.6 Å². The van der Waals surface area contributed by atoms with Crippen LogP contribution in [0.15, 0.2) is 23.2 Å². The molecule has 0 N–H and O–H groups in total. The lowest BCUT2D eigenvalue weighted by Gasteiger charge is -2.20. The summed E-state index contributed by atoms with van der Waals surface area (Å²) in [4.78, 5) is 4.31. The van der Waals surface area contributed by atoms with Gasteiger partial charge >= 0.3 is 6.18 Å². The molecule has 1 aromatic rings. The minimum atomic E-state index is -4.55. The van der Waals surface area contributed by atoms with Gasteiger partial charge in [-0.1, -0.05) is 13.0 Å². The highest BCUT2D eigenvalue weighted by Gasteiger charge is 2.37. The number of hydrogen-bond donors (Lipinski definition) is 0. The highest BCUT2D eigenvalue weighted by molar-refractivity contribution is 5.78. The Kier molecular flexibility index (Phi) is 3.75. The minimum absolute atomic E-state index is 0.122. The second-order valence-corrected chi connectivity index (χ2v) is 5.01. The molecule has 2 nitrogen and oxygen atoms in total. The van der Waals surface area contributed by atoms with E-state index >= 15 is 0 Å². The van der Waals surface area contributed by atoms with Gasteiger partial charge in [-0.2, -0.15) is 13.2 Å². The van der Waals surface area contributed by atoms with Crippen molar-refractivity contribution in [2.45, 2.75) is 38.4 Å². The average molecular weight is 289 g/mol. The summed E-state index contributed by atoms with van der Waals surface area (Å²) in [6.07, 6.45) is -3.08. The van der Waals surface area contributed by atoms with E-state index in [9.17, 15) is 17.6 Å². The van der Waals surface area contributed by atoms with E-state index in [1.54, 1.807) is 6.92 Å². The number of benzene rings is 1. The van der Waals surface area contributed by atoms with Gasteiger partial charge in [0, 0.05) is 12.0 Å². The van der Waals surface area contributed by atoms with Gasteiger partial charge in [-0.15, -0.1) is 0 Å². The average Bonchev–Trinajstić information content (AvgIpc) is 2.71. The smallest absolute Gasteiger partial charge is 0.416 e. The first-order valence-corrected chi connectivity index (χ1v) is 6.35. The van der Waals surface area contributed by atoms with Crippen molar-refractivity contribution in [2.75, 3.05) is 6.61 Å². The van der Waals surface area contributed by atoms with Crippen LogP contribution in [0.5, 0.6) is 0 Å². The first-order valence-electron chi connectivity index (χ1n) is 6.35. The Morgan fingerprint density at radius 3 is 2.60 bits per heavy atom. The Labute approximate surface area is 114 Å². The molecule has 0 saturated heterocycles. The monoisotopic (exact) mass is 289 g/mol. The van der Waals surface area contributed by atoms with Gasteiger partial charge in [0.05, 0.1) is 5.56 Å². The molecular weight excluding hydrogens is 274 g/mol. The zero-order valence-electron chi connectivity index (χ0n) is 11.2. The molecule has 0 radical (unpaired) electrons. The Morgan fingerprint density at radius 2 is 2.05 bits per heavy atom. The van der Waals surface area contributed by atoms with Gasteiger partial charge < -0.3 is 4.74 Å². The van der Waals surface area contributed by atoms with Crippen molar-refractivity contribution in [3.63, 3.8) is 0 Å². The summed E-state index contributed by atoms with van der Waals surface area (Å²) in [5.41, 5.74) is -1.84. The van der Waals surface area contributed by atoms with Crippen LogP contribution in [0.25, 0.3) is 0 Å². The zero-order chi connectivity index (χ0) is 15.0. The number of rotatable bonds is 3. The number of hydrogen-bond acceptors (Lipinski definition) is 2. The molecule has 0 spiro atoms. The van der Waals surface area contributed by atoms with E-state index in [-0.39, 0.29) is 12.2 Å². The second-order valence-electron chi connectivity index (χ2n) is 5.01. The van der Waals surface area contributed by atoms with Crippen LogP contribution in [0.4, 0.5) is 17.6 Å². The minimum Gasteiger partial charge on any atom is -0.478 e. The molecule has 1 aromatic carbocycles. The predicted molar refractivity (Wildman–Crippen MR) is 67.0 cm³/mol. The maximum Gasteiger partial charge on any atom is 0.416 e. The van der Waals surface area contributed by atoms with Gasteiger partial charge in [0.15, 0.2) is 5.90 Å². The van der Waals surface area contributed by atoms with E-state index in [1.807, 2.05) is 6.92 Å². The summed E-state index contributed by atoms with van der Waals surface area (Å²) in [7, 11) is 0. The van der Waals surface area contributed by atoms with Crippen LogP contribution in [0.1, 0.15) is 37.8 Å². The van der Waals surface area contributed by atoms with Crippen molar-refractivity contribution in [3.05, 3.63) is 35.1 Å². The summed E-state index contributed by atoms with van der Waals surface area (Å²) in [6, 6.07) is 2.52. The molecule has 0 amide bonds. The molecule has 1 heterocycles. The summed E-state index contributed by atoms with van der Waals surface area (Å²) in [5.74, 6) is -0.387. The molecule has 6 heteroatoms. The lowest BCUT2D eigenvalue weighted by Crippen LogP contribution is -2.23. The second kappa shape index (κ2) is 5.07. The van der Waals surface area contributed by atoms with E-state index < -0.39 is 23.1 Å². The maximum absolute atomic E-state index is 14.0. The van der Waals surface area contributed by atoms with Crippen LogP contribution in [-0.4, -0.2) is 12.5 Å².